The first-order chi connectivity index (χ1) is 19.0. The van der Waals surface area contributed by atoms with Gasteiger partial charge in [-0.05, 0) is 35.2 Å². The van der Waals surface area contributed by atoms with Crippen molar-refractivity contribution >= 4 is 29.8 Å². The van der Waals surface area contributed by atoms with Gasteiger partial charge < -0.3 is 29.0 Å². The Labute approximate surface area is 232 Å². The van der Waals surface area contributed by atoms with Crippen LogP contribution in [0.25, 0.3) is 0 Å². The SMILES string of the molecule is CNC(=O)c1cccc(Cc2cccc([C@H]3O[C@H](COC(C)=O)[C@@H](OC(C)=O)[C@H](OC(C)=O)[C@@H]3OC(C)=O)c2)c1. The van der Waals surface area contributed by atoms with Crippen molar-refractivity contribution in [2.75, 3.05) is 13.7 Å². The number of ether oxygens (including phenoxy) is 5. The highest BCUT2D eigenvalue weighted by molar-refractivity contribution is 5.94. The lowest BCUT2D eigenvalue weighted by Crippen LogP contribution is -2.59. The van der Waals surface area contributed by atoms with Crippen LogP contribution in [-0.4, -0.2) is 67.9 Å². The minimum absolute atomic E-state index is 0.201. The minimum Gasteiger partial charge on any atom is -0.463 e. The maximum Gasteiger partial charge on any atom is 0.303 e. The summed E-state index contributed by atoms with van der Waals surface area (Å²) in [7, 11) is 1.56. The van der Waals surface area contributed by atoms with E-state index in [-0.39, 0.29) is 12.5 Å². The summed E-state index contributed by atoms with van der Waals surface area (Å²) in [6, 6.07) is 14.5. The molecule has 11 heteroatoms. The number of rotatable bonds is 9. The van der Waals surface area contributed by atoms with E-state index in [4.69, 9.17) is 23.7 Å². The Bertz CT molecular complexity index is 1260. The van der Waals surface area contributed by atoms with Crippen LogP contribution in [0.3, 0.4) is 0 Å². The zero-order valence-corrected chi connectivity index (χ0v) is 23.0. The molecule has 2 aromatic rings. The average Bonchev–Trinajstić information content (AvgIpc) is 2.89. The van der Waals surface area contributed by atoms with E-state index in [1.165, 1.54) is 27.7 Å². The van der Waals surface area contributed by atoms with Gasteiger partial charge in [-0.25, -0.2) is 0 Å². The van der Waals surface area contributed by atoms with E-state index in [9.17, 15) is 24.0 Å². The minimum atomic E-state index is -1.25. The second-order valence-electron chi connectivity index (χ2n) is 9.32. The molecule has 11 nitrogen and oxygen atoms in total. The summed E-state index contributed by atoms with van der Waals surface area (Å²) in [6.45, 7) is 4.46. The first-order valence-corrected chi connectivity index (χ1v) is 12.7. The highest BCUT2D eigenvalue weighted by atomic mass is 16.7. The second kappa shape index (κ2) is 13.7. The van der Waals surface area contributed by atoms with E-state index in [1.54, 1.807) is 37.4 Å². The van der Waals surface area contributed by atoms with Crippen LogP contribution in [0.4, 0.5) is 0 Å². The van der Waals surface area contributed by atoms with Crippen molar-refractivity contribution in [3.63, 3.8) is 0 Å². The number of hydrogen-bond acceptors (Lipinski definition) is 10. The van der Waals surface area contributed by atoms with Crippen molar-refractivity contribution in [2.24, 2.45) is 0 Å². The monoisotopic (exact) mass is 555 g/mol. The fraction of sp³-hybridized carbons (Fsp3) is 0.414. The number of esters is 4. The van der Waals surface area contributed by atoms with Gasteiger partial charge in [0.05, 0.1) is 0 Å². The predicted molar refractivity (Wildman–Crippen MR) is 140 cm³/mol. The third-order valence-electron chi connectivity index (χ3n) is 6.09. The maximum atomic E-state index is 12.1. The van der Waals surface area contributed by atoms with Gasteiger partial charge in [-0.3, -0.25) is 24.0 Å². The molecule has 1 aliphatic rings. The van der Waals surface area contributed by atoms with E-state index >= 15 is 0 Å². The third kappa shape index (κ3) is 8.12. The Hall–Kier alpha value is -4.25. The second-order valence-corrected chi connectivity index (χ2v) is 9.32. The van der Waals surface area contributed by atoms with E-state index in [0.29, 0.717) is 17.5 Å². The normalized spacial score (nSPS) is 22.0. The molecule has 1 saturated heterocycles. The molecule has 0 spiro atoms. The molecular formula is C29H33NO10. The summed E-state index contributed by atoms with van der Waals surface area (Å²) in [5.74, 6) is -2.85. The number of carbonyl (C=O) groups is 5. The van der Waals surface area contributed by atoms with E-state index in [2.05, 4.69) is 5.32 Å². The Morgan fingerprint density at radius 3 is 1.93 bits per heavy atom. The smallest absolute Gasteiger partial charge is 0.303 e. The summed E-state index contributed by atoms with van der Waals surface area (Å²) in [6.07, 6.45) is -5.20. The molecule has 3 rings (SSSR count). The zero-order valence-electron chi connectivity index (χ0n) is 23.0. The van der Waals surface area contributed by atoms with Crippen LogP contribution in [0.5, 0.6) is 0 Å². The maximum absolute atomic E-state index is 12.1. The summed E-state index contributed by atoms with van der Waals surface area (Å²) in [5.41, 5.74) is 2.85. The molecule has 2 aromatic carbocycles. The first-order valence-electron chi connectivity index (χ1n) is 12.7. The highest BCUT2D eigenvalue weighted by Crippen LogP contribution is 2.38. The summed E-state index contributed by atoms with van der Waals surface area (Å²) < 4.78 is 28.0. The lowest BCUT2D eigenvalue weighted by Gasteiger charge is -2.44. The molecular weight excluding hydrogens is 522 g/mol. The number of hydrogen-bond donors (Lipinski definition) is 1. The molecule has 1 amide bonds. The van der Waals surface area contributed by atoms with Gasteiger partial charge in [0.25, 0.3) is 5.91 Å². The molecule has 5 atom stereocenters. The predicted octanol–water partition coefficient (Wildman–Crippen LogP) is 2.44. The van der Waals surface area contributed by atoms with Gasteiger partial charge in [-0.15, -0.1) is 0 Å². The summed E-state index contributed by atoms with van der Waals surface area (Å²) in [5, 5.41) is 2.60. The Balaban J connectivity index is 2.02. The van der Waals surface area contributed by atoms with Gasteiger partial charge in [-0.2, -0.15) is 0 Å². The van der Waals surface area contributed by atoms with Gasteiger partial charge in [0.1, 0.15) is 18.8 Å². The Morgan fingerprint density at radius 2 is 1.32 bits per heavy atom. The molecule has 0 radical (unpaired) electrons. The van der Waals surface area contributed by atoms with Gasteiger partial charge >= 0.3 is 23.9 Å². The highest BCUT2D eigenvalue weighted by Gasteiger charge is 2.52. The number of carbonyl (C=O) groups excluding carboxylic acids is 5. The topological polar surface area (TPSA) is 144 Å². The Kier molecular flexibility index (Phi) is 10.4. The van der Waals surface area contributed by atoms with E-state index in [0.717, 1.165) is 11.1 Å². The largest absolute Gasteiger partial charge is 0.463 e. The molecule has 0 aromatic heterocycles. The molecule has 214 valence electrons. The molecule has 1 N–H and O–H groups in total. The summed E-state index contributed by atoms with van der Waals surface area (Å²) >= 11 is 0. The van der Waals surface area contributed by atoms with Crippen molar-refractivity contribution < 1.29 is 47.7 Å². The van der Waals surface area contributed by atoms with Crippen LogP contribution in [0, 0.1) is 0 Å². The standard InChI is InChI=1S/C29H33NO10/c1-16(31)36-15-24-26(37-17(2)32)28(39-19(4)34)27(38-18(3)33)25(40-24)22-10-6-8-20(13-22)12-21-9-7-11-23(14-21)29(35)30-5/h6-11,13-14,24-28H,12,15H2,1-5H3,(H,30,35)/t24-,25-,26-,27-,28+/m1/s1. The average molecular weight is 556 g/mol. The number of nitrogens with one attached hydrogen (secondary N) is 1. The van der Waals surface area contributed by atoms with E-state index in [1.807, 2.05) is 18.2 Å². The van der Waals surface area contributed by atoms with Crippen LogP contribution in [0.1, 0.15) is 60.8 Å². The fourth-order valence-corrected chi connectivity index (χ4v) is 4.58. The quantitative estimate of drug-likeness (QED) is 0.362. The van der Waals surface area contributed by atoms with Crippen molar-refractivity contribution in [2.45, 2.75) is 64.6 Å². The summed E-state index contributed by atoms with van der Waals surface area (Å²) in [4.78, 5) is 59.8. The molecule has 1 fully saturated rings. The van der Waals surface area contributed by atoms with Crippen LogP contribution in [0.15, 0.2) is 48.5 Å². The molecule has 0 saturated carbocycles. The molecule has 0 bridgehead atoms. The fourth-order valence-electron chi connectivity index (χ4n) is 4.58. The zero-order chi connectivity index (χ0) is 29.4. The molecule has 1 heterocycles. The van der Waals surface area contributed by atoms with Crippen molar-refractivity contribution in [1.29, 1.82) is 0 Å². The van der Waals surface area contributed by atoms with Crippen LogP contribution in [-0.2, 0) is 49.3 Å². The molecule has 0 unspecified atom stereocenters. The van der Waals surface area contributed by atoms with Gasteiger partial charge in [-0.1, -0.05) is 36.4 Å². The van der Waals surface area contributed by atoms with Crippen LogP contribution in [0.2, 0.25) is 0 Å². The first kappa shape index (κ1) is 30.3. The van der Waals surface area contributed by atoms with Crippen molar-refractivity contribution in [3.8, 4) is 0 Å². The van der Waals surface area contributed by atoms with Crippen molar-refractivity contribution in [3.05, 3.63) is 70.8 Å². The lowest BCUT2D eigenvalue weighted by molar-refractivity contribution is -0.254. The van der Waals surface area contributed by atoms with Gasteiger partial charge in [0.15, 0.2) is 18.3 Å². The van der Waals surface area contributed by atoms with Crippen LogP contribution < -0.4 is 5.32 Å². The number of amides is 1. The Morgan fingerprint density at radius 1 is 0.750 bits per heavy atom. The number of benzene rings is 2. The third-order valence-corrected chi connectivity index (χ3v) is 6.09. The molecule has 1 aliphatic heterocycles. The molecule has 0 aliphatic carbocycles. The van der Waals surface area contributed by atoms with E-state index < -0.39 is 54.4 Å². The van der Waals surface area contributed by atoms with Crippen molar-refractivity contribution in [1.82, 2.24) is 5.32 Å². The lowest BCUT2D eigenvalue weighted by atomic mass is 9.89. The van der Waals surface area contributed by atoms with Gasteiger partial charge in [0.2, 0.25) is 0 Å². The van der Waals surface area contributed by atoms with Gasteiger partial charge in [0, 0.05) is 40.3 Å². The van der Waals surface area contributed by atoms with Crippen LogP contribution >= 0.6 is 0 Å². The molecule has 40 heavy (non-hydrogen) atoms.